The summed E-state index contributed by atoms with van der Waals surface area (Å²) in [7, 11) is 2.15. The molecule has 107 valence electrons. The van der Waals surface area contributed by atoms with E-state index in [2.05, 4.69) is 25.5 Å². The van der Waals surface area contributed by atoms with Crippen LogP contribution in [0.15, 0.2) is 12.7 Å². The van der Waals surface area contributed by atoms with Gasteiger partial charge in [0.1, 0.15) is 0 Å². The second-order valence-corrected chi connectivity index (χ2v) is 5.32. The van der Waals surface area contributed by atoms with Crippen LogP contribution in [0.4, 0.5) is 0 Å². The number of hydrogen-bond donors (Lipinski definition) is 1. The van der Waals surface area contributed by atoms with Crippen LogP contribution >= 0.6 is 0 Å². The monoisotopic (exact) mass is 254 g/mol. The van der Waals surface area contributed by atoms with Gasteiger partial charge in [-0.25, -0.2) is 0 Å². The maximum absolute atomic E-state index is 9.01. The molecule has 0 aromatic carbocycles. The van der Waals surface area contributed by atoms with Crippen LogP contribution in [0.25, 0.3) is 0 Å². The molecule has 2 heteroatoms. The molecule has 0 rings (SSSR count). The number of unbranched alkanes of at least 4 members (excludes halogenated alkanes) is 7. The average molecular weight is 254 g/mol. The van der Waals surface area contributed by atoms with Gasteiger partial charge in [-0.1, -0.05) is 51.0 Å². The Kier molecular flexibility index (Phi) is 12.9. The van der Waals surface area contributed by atoms with E-state index in [9.17, 15) is 0 Å². The molecule has 0 saturated heterocycles. The highest BCUT2D eigenvalue weighted by Crippen LogP contribution is 2.10. The summed E-state index contributed by atoms with van der Waals surface area (Å²) in [5, 5.41) is 9.01. The molecular weight excluding hydrogens is 222 g/mol. The molecule has 0 aliphatic carbocycles. The third kappa shape index (κ3) is 13.7. The minimum absolute atomic E-state index is 0.363. The standard InChI is InChI=1S/C16H32NO/c1-4-14-17(3)15-12-10-8-6-5-7-9-11-13-16(2)18/h4,16,18H,1-2,5-15H2,3H3. The molecule has 1 unspecified atom stereocenters. The molecule has 0 bridgehead atoms. The number of nitrogens with zero attached hydrogens (tertiary/aromatic N) is 1. The predicted molar refractivity (Wildman–Crippen MR) is 80.6 cm³/mol. The molecule has 0 heterocycles. The molecule has 0 spiro atoms. The van der Waals surface area contributed by atoms with Crippen molar-refractivity contribution in [2.24, 2.45) is 0 Å². The number of aliphatic hydroxyl groups excluding tert-OH is 1. The Hall–Kier alpha value is -0.340. The summed E-state index contributed by atoms with van der Waals surface area (Å²) in [4.78, 5) is 2.32. The van der Waals surface area contributed by atoms with Crippen LogP contribution < -0.4 is 0 Å². The van der Waals surface area contributed by atoms with Crippen LogP contribution in [-0.2, 0) is 0 Å². The fourth-order valence-electron chi connectivity index (χ4n) is 2.13. The predicted octanol–water partition coefficient (Wildman–Crippen LogP) is 3.81. The van der Waals surface area contributed by atoms with Gasteiger partial charge >= 0.3 is 0 Å². The van der Waals surface area contributed by atoms with Crippen molar-refractivity contribution in [2.45, 2.75) is 63.9 Å². The van der Waals surface area contributed by atoms with E-state index in [0.717, 1.165) is 19.4 Å². The quantitative estimate of drug-likeness (QED) is 0.399. The Morgan fingerprint density at radius 3 is 2.00 bits per heavy atom. The lowest BCUT2D eigenvalue weighted by molar-refractivity contribution is 0.205. The minimum Gasteiger partial charge on any atom is -0.393 e. The van der Waals surface area contributed by atoms with Crippen molar-refractivity contribution >= 4 is 0 Å². The highest BCUT2D eigenvalue weighted by atomic mass is 16.3. The first-order valence-electron chi connectivity index (χ1n) is 7.47. The first-order chi connectivity index (χ1) is 8.66. The average Bonchev–Trinajstić information content (AvgIpc) is 2.31. The molecular formula is C16H32NO. The van der Waals surface area contributed by atoms with E-state index < -0.39 is 0 Å². The summed E-state index contributed by atoms with van der Waals surface area (Å²) in [5.74, 6) is 0. The summed E-state index contributed by atoms with van der Waals surface area (Å²) in [5.41, 5.74) is 0. The van der Waals surface area contributed by atoms with Crippen molar-refractivity contribution in [3.63, 3.8) is 0 Å². The topological polar surface area (TPSA) is 23.5 Å². The van der Waals surface area contributed by atoms with E-state index in [1.807, 2.05) is 6.08 Å². The van der Waals surface area contributed by atoms with Crippen molar-refractivity contribution in [2.75, 3.05) is 20.1 Å². The molecule has 1 atom stereocenters. The zero-order chi connectivity index (χ0) is 13.6. The van der Waals surface area contributed by atoms with Gasteiger partial charge in [0.05, 0.1) is 6.10 Å². The van der Waals surface area contributed by atoms with Crippen LogP contribution in [0.2, 0.25) is 0 Å². The summed E-state index contributed by atoms with van der Waals surface area (Å²) < 4.78 is 0. The molecule has 1 radical (unpaired) electrons. The summed E-state index contributed by atoms with van der Waals surface area (Å²) in [6.07, 6.45) is 12.8. The van der Waals surface area contributed by atoms with E-state index in [4.69, 9.17) is 5.11 Å². The van der Waals surface area contributed by atoms with Crippen molar-refractivity contribution in [3.8, 4) is 0 Å². The molecule has 0 aromatic rings. The van der Waals surface area contributed by atoms with Crippen LogP contribution in [0.3, 0.4) is 0 Å². The molecule has 2 nitrogen and oxygen atoms in total. The lowest BCUT2D eigenvalue weighted by atomic mass is 10.1. The van der Waals surface area contributed by atoms with Crippen LogP contribution in [0.5, 0.6) is 0 Å². The van der Waals surface area contributed by atoms with E-state index in [0.29, 0.717) is 0 Å². The van der Waals surface area contributed by atoms with E-state index in [1.165, 1.54) is 51.5 Å². The van der Waals surface area contributed by atoms with E-state index in [-0.39, 0.29) is 6.10 Å². The van der Waals surface area contributed by atoms with Crippen LogP contribution in [0, 0.1) is 6.92 Å². The Balaban J connectivity index is 3.05. The minimum atomic E-state index is -0.363. The molecule has 18 heavy (non-hydrogen) atoms. The number of hydrogen-bond acceptors (Lipinski definition) is 2. The van der Waals surface area contributed by atoms with Crippen LogP contribution in [0.1, 0.15) is 57.8 Å². The van der Waals surface area contributed by atoms with Gasteiger partial charge in [-0.15, -0.1) is 6.58 Å². The summed E-state index contributed by atoms with van der Waals surface area (Å²) in [6, 6.07) is 0. The van der Waals surface area contributed by atoms with Crippen LogP contribution in [-0.4, -0.2) is 36.2 Å². The van der Waals surface area contributed by atoms with Gasteiger partial charge in [-0.05, 0) is 33.4 Å². The summed E-state index contributed by atoms with van der Waals surface area (Å²) in [6.45, 7) is 9.51. The SMILES string of the molecule is [CH2]C(O)CCCCCCCCCCN(C)CC=C. The van der Waals surface area contributed by atoms with Gasteiger partial charge in [0.25, 0.3) is 0 Å². The number of likely N-dealkylation sites (N-methyl/N-ethyl adjacent to an activating group) is 1. The fourth-order valence-corrected chi connectivity index (χ4v) is 2.13. The lowest BCUT2D eigenvalue weighted by Gasteiger charge is -2.13. The summed E-state index contributed by atoms with van der Waals surface area (Å²) >= 11 is 0. The third-order valence-electron chi connectivity index (χ3n) is 3.27. The fraction of sp³-hybridized carbons (Fsp3) is 0.812. The van der Waals surface area contributed by atoms with Gasteiger partial charge in [0, 0.05) is 6.54 Å². The number of aliphatic hydroxyl groups is 1. The van der Waals surface area contributed by atoms with Gasteiger partial charge in [0.2, 0.25) is 0 Å². The molecule has 0 fully saturated rings. The molecule has 0 aliphatic heterocycles. The Bertz CT molecular complexity index is 180. The van der Waals surface area contributed by atoms with Gasteiger partial charge < -0.3 is 10.0 Å². The van der Waals surface area contributed by atoms with Gasteiger partial charge in [-0.2, -0.15) is 0 Å². The Morgan fingerprint density at radius 2 is 1.50 bits per heavy atom. The zero-order valence-electron chi connectivity index (χ0n) is 12.2. The highest BCUT2D eigenvalue weighted by molar-refractivity contribution is 4.70. The normalized spacial score (nSPS) is 12.9. The Morgan fingerprint density at radius 1 is 1.00 bits per heavy atom. The lowest BCUT2D eigenvalue weighted by Crippen LogP contribution is -2.19. The molecule has 1 N–H and O–H groups in total. The molecule has 0 aromatic heterocycles. The Labute approximate surface area is 114 Å². The highest BCUT2D eigenvalue weighted by Gasteiger charge is 1.97. The van der Waals surface area contributed by atoms with Crippen molar-refractivity contribution < 1.29 is 5.11 Å². The van der Waals surface area contributed by atoms with Crippen molar-refractivity contribution in [1.82, 2.24) is 4.90 Å². The van der Waals surface area contributed by atoms with E-state index in [1.54, 1.807) is 0 Å². The largest absolute Gasteiger partial charge is 0.393 e. The van der Waals surface area contributed by atoms with Crippen molar-refractivity contribution in [1.29, 1.82) is 0 Å². The maximum Gasteiger partial charge on any atom is 0.0541 e. The first-order valence-corrected chi connectivity index (χ1v) is 7.47. The molecule has 0 amide bonds. The zero-order valence-corrected chi connectivity index (χ0v) is 12.2. The van der Waals surface area contributed by atoms with E-state index >= 15 is 0 Å². The second-order valence-electron chi connectivity index (χ2n) is 5.32. The molecule has 0 aliphatic rings. The number of rotatable bonds is 13. The molecule has 0 saturated carbocycles. The smallest absolute Gasteiger partial charge is 0.0541 e. The first kappa shape index (κ1) is 17.7. The maximum atomic E-state index is 9.01. The van der Waals surface area contributed by atoms with Gasteiger partial charge in [0.15, 0.2) is 0 Å². The van der Waals surface area contributed by atoms with Gasteiger partial charge in [-0.3, -0.25) is 0 Å². The second kappa shape index (κ2) is 13.1. The van der Waals surface area contributed by atoms with Crippen molar-refractivity contribution in [3.05, 3.63) is 19.6 Å². The third-order valence-corrected chi connectivity index (χ3v) is 3.27.